The summed E-state index contributed by atoms with van der Waals surface area (Å²) >= 11 is 0. The molecule has 3 nitrogen and oxygen atoms in total. The Morgan fingerprint density at radius 2 is 2.23 bits per heavy atom. The van der Waals surface area contributed by atoms with E-state index >= 15 is 0 Å². The maximum atomic E-state index is 11.6. The minimum absolute atomic E-state index is 0.0935. The molecule has 3 heteroatoms. The largest absolute Gasteiger partial charge is 0.427 e. The molecule has 0 N–H and O–H groups in total. The zero-order valence-corrected chi connectivity index (χ0v) is 14.0. The van der Waals surface area contributed by atoms with Gasteiger partial charge in [0.1, 0.15) is 5.76 Å². The van der Waals surface area contributed by atoms with E-state index in [1.165, 1.54) is 18.1 Å². The van der Waals surface area contributed by atoms with Gasteiger partial charge in [0, 0.05) is 24.5 Å². The predicted octanol–water partition coefficient (Wildman–Crippen LogP) is 4.16. The van der Waals surface area contributed by atoms with Crippen molar-refractivity contribution in [2.75, 3.05) is 6.61 Å². The highest BCUT2D eigenvalue weighted by Crippen LogP contribution is 2.54. The molecular formula is C19H26O3. The molecule has 1 heterocycles. The van der Waals surface area contributed by atoms with Gasteiger partial charge in [-0.1, -0.05) is 32.9 Å². The van der Waals surface area contributed by atoms with Crippen LogP contribution >= 0.6 is 0 Å². The van der Waals surface area contributed by atoms with Crippen LogP contribution in [0.1, 0.15) is 47.0 Å². The van der Waals surface area contributed by atoms with Crippen LogP contribution in [0.15, 0.2) is 35.1 Å². The third-order valence-electron chi connectivity index (χ3n) is 5.21. The fourth-order valence-electron chi connectivity index (χ4n) is 4.36. The Balaban J connectivity index is 2.14. The molecule has 3 aliphatic rings. The van der Waals surface area contributed by atoms with E-state index < -0.39 is 0 Å². The van der Waals surface area contributed by atoms with Gasteiger partial charge < -0.3 is 9.47 Å². The maximum absolute atomic E-state index is 11.6. The molecule has 0 spiro atoms. The molecule has 0 aromatic carbocycles. The molecule has 0 aromatic rings. The van der Waals surface area contributed by atoms with E-state index in [-0.39, 0.29) is 17.5 Å². The van der Waals surface area contributed by atoms with E-state index in [0.29, 0.717) is 11.8 Å². The minimum Gasteiger partial charge on any atom is -0.427 e. The number of allylic oxidation sites excluding steroid dienone is 3. The number of hydrogen-bond acceptors (Lipinski definition) is 3. The number of carbonyl (C=O) groups excluding carboxylic acids is 1. The molecule has 0 bridgehead atoms. The molecular weight excluding hydrogens is 276 g/mol. The molecule has 0 aromatic heterocycles. The van der Waals surface area contributed by atoms with E-state index in [2.05, 4.69) is 39.0 Å². The minimum atomic E-state index is -0.243. The molecule has 0 radical (unpaired) electrons. The molecule has 1 saturated heterocycles. The van der Waals surface area contributed by atoms with Crippen LogP contribution in [-0.4, -0.2) is 18.7 Å². The number of carbonyl (C=O) groups is 1. The quantitative estimate of drug-likeness (QED) is 0.567. The van der Waals surface area contributed by atoms with Gasteiger partial charge in [-0.15, -0.1) is 0 Å². The number of rotatable bonds is 2. The summed E-state index contributed by atoms with van der Waals surface area (Å²) in [6.07, 6.45) is 9.89. The fraction of sp³-hybridized carbons (Fsp3) is 0.632. The molecule has 3 rings (SSSR count). The van der Waals surface area contributed by atoms with E-state index in [1.807, 2.05) is 0 Å². The summed E-state index contributed by atoms with van der Waals surface area (Å²) in [4.78, 5) is 11.6. The summed E-state index contributed by atoms with van der Waals surface area (Å²) in [5.74, 6) is 1.36. The lowest BCUT2D eigenvalue weighted by atomic mass is 9.70. The Morgan fingerprint density at radius 1 is 1.45 bits per heavy atom. The summed E-state index contributed by atoms with van der Waals surface area (Å²) in [6.45, 7) is 9.05. The van der Waals surface area contributed by atoms with Gasteiger partial charge >= 0.3 is 5.97 Å². The first-order valence-electron chi connectivity index (χ1n) is 8.37. The Bertz CT molecular complexity index is 567. The van der Waals surface area contributed by atoms with Crippen molar-refractivity contribution in [2.45, 2.75) is 53.1 Å². The molecule has 0 saturated carbocycles. The molecule has 1 aliphatic heterocycles. The first-order valence-corrected chi connectivity index (χ1v) is 8.37. The standard InChI is InChI=1S/C19H26O3/c1-12(2)15-11-17(22-13(3)20)18-14-7-6-10-21-16(14)8-5-9-19(15,18)4/h5,9,11-12,15-16H,6-8,10H2,1-4H3/t15-,16?,19+/m0/s1. The topological polar surface area (TPSA) is 35.5 Å². The second kappa shape index (κ2) is 5.69. The van der Waals surface area contributed by atoms with E-state index in [4.69, 9.17) is 9.47 Å². The summed E-state index contributed by atoms with van der Waals surface area (Å²) in [5.41, 5.74) is 2.46. The van der Waals surface area contributed by atoms with Crippen LogP contribution < -0.4 is 0 Å². The average Bonchev–Trinajstić information content (AvgIpc) is 2.62. The number of hydrogen-bond donors (Lipinski definition) is 0. The molecule has 1 fully saturated rings. The van der Waals surface area contributed by atoms with Crippen molar-refractivity contribution >= 4 is 5.97 Å². The van der Waals surface area contributed by atoms with Crippen molar-refractivity contribution in [3.8, 4) is 0 Å². The van der Waals surface area contributed by atoms with Crippen LogP contribution in [0.25, 0.3) is 0 Å². The van der Waals surface area contributed by atoms with Crippen molar-refractivity contribution in [3.63, 3.8) is 0 Å². The van der Waals surface area contributed by atoms with Gasteiger partial charge in [0.2, 0.25) is 0 Å². The van der Waals surface area contributed by atoms with Crippen molar-refractivity contribution in [1.82, 2.24) is 0 Å². The van der Waals surface area contributed by atoms with Crippen molar-refractivity contribution in [3.05, 3.63) is 35.1 Å². The number of esters is 1. The lowest BCUT2D eigenvalue weighted by Gasteiger charge is -2.35. The Morgan fingerprint density at radius 3 is 2.91 bits per heavy atom. The Labute approximate surface area is 133 Å². The molecule has 3 atom stereocenters. The molecule has 120 valence electrons. The first kappa shape index (κ1) is 15.5. The van der Waals surface area contributed by atoms with Crippen molar-refractivity contribution < 1.29 is 14.3 Å². The second-order valence-electron chi connectivity index (χ2n) is 7.18. The fourth-order valence-corrected chi connectivity index (χ4v) is 4.36. The van der Waals surface area contributed by atoms with Crippen molar-refractivity contribution in [2.24, 2.45) is 17.3 Å². The third-order valence-corrected chi connectivity index (χ3v) is 5.21. The number of fused-ring (bicyclic) bond motifs is 2. The molecule has 0 amide bonds. The van der Waals surface area contributed by atoms with Crippen LogP contribution in [0, 0.1) is 17.3 Å². The van der Waals surface area contributed by atoms with E-state index in [0.717, 1.165) is 31.6 Å². The van der Waals surface area contributed by atoms with Gasteiger partial charge in [-0.05, 0) is 42.7 Å². The summed E-state index contributed by atoms with van der Waals surface area (Å²) in [6, 6.07) is 0. The van der Waals surface area contributed by atoms with Gasteiger partial charge in [-0.25, -0.2) is 0 Å². The Kier molecular flexibility index (Phi) is 4.02. The monoisotopic (exact) mass is 302 g/mol. The van der Waals surface area contributed by atoms with Crippen LogP contribution in [0.4, 0.5) is 0 Å². The zero-order chi connectivity index (χ0) is 15.9. The smallest absolute Gasteiger partial charge is 0.308 e. The van der Waals surface area contributed by atoms with Crippen LogP contribution in [-0.2, 0) is 14.3 Å². The maximum Gasteiger partial charge on any atom is 0.308 e. The van der Waals surface area contributed by atoms with Gasteiger partial charge in [-0.2, -0.15) is 0 Å². The summed E-state index contributed by atoms with van der Waals surface area (Å²) in [7, 11) is 0. The van der Waals surface area contributed by atoms with E-state index in [9.17, 15) is 4.79 Å². The first-order chi connectivity index (χ1) is 10.4. The Hall–Kier alpha value is -1.35. The van der Waals surface area contributed by atoms with Gasteiger partial charge in [0.15, 0.2) is 0 Å². The van der Waals surface area contributed by atoms with E-state index in [1.54, 1.807) is 0 Å². The molecule has 22 heavy (non-hydrogen) atoms. The second-order valence-corrected chi connectivity index (χ2v) is 7.18. The predicted molar refractivity (Wildman–Crippen MR) is 86.0 cm³/mol. The van der Waals surface area contributed by atoms with Gasteiger partial charge in [0.25, 0.3) is 0 Å². The third kappa shape index (κ3) is 2.45. The highest BCUT2D eigenvalue weighted by atomic mass is 16.5. The van der Waals surface area contributed by atoms with Crippen LogP contribution in [0.2, 0.25) is 0 Å². The average molecular weight is 302 g/mol. The van der Waals surface area contributed by atoms with Gasteiger partial charge in [-0.3, -0.25) is 4.79 Å². The SMILES string of the molecule is CC(=O)OC1=C[C@@H](C(C)C)[C@@]2(C)C=CCC3OCCCC3=C12. The lowest BCUT2D eigenvalue weighted by Crippen LogP contribution is -2.29. The van der Waals surface area contributed by atoms with Crippen molar-refractivity contribution in [1.29, 1.82) is 0 Å². The molecule has 1 unspecified atom stereocenters. The zero-order valence-electron chi connectivity index (χ0n) is 14.0. The normalized spacial score (nSPS) is 34.1. The summed E-state index contributed by atoms with van der Waals surface area (Å²) < 4.78 is 11.6. The molecule has 2 aliphatic carbocycles. The highest BCUT2D eigenvalue weighted by Gasteiger charge is 2.47. The van der Waals surface area contributed by atoms with Crippen LogP contribution in [0.5, 0.6) is 0 Å². The van der Waals surface area contributed by atoms with Crippen LogP contribution in [0.3, 0.4) is 0 Å². The highest BCUT2D eigenvalue weighted by molar-refractivity contribution is 5.69. The number of ether oxygens (including phenoxy) is 2. The lowest BCUT2D eigenvalue weighted by molar-refractivity contribution is -0.136. The van der Waals surface area contributed by atoms with Gasteiger partial charge in [0.05, 0.1) is 6.10 Å². The summed E-state index contributed by atoms with van der Waals surface area (Å²) in [5, 5.41) is 0.